The molecule has 4 heteroatoms. The first-order valence-corrected chi connectivity index (χ1v) is 6.07. The van der Waals surface area contributed by atoms with Crippen LogP contribution in [0.25, 0.3) is 0 Å². The second-order valence-corrected chi connectivity index (χ2v) is 4.09. The van der Waals surface area contributed by atoms with Gasteiger partial charge in [0, 0.05) is 12.7 Å². The van der Waals surface area contributed by atoms with Crippen LogP contribution < -0.4 is 10.6 Å². The Morgan fingerprint density at radius 2 is 2.11 bits per heavy atom. The molecule has 1 rings (SSSR count). The van der Waals surface area contributed by atoms with Gasteiger partial charge in [-0.1, -0.05) is 30.7 Å². The normalized spacial score (nSPS) is 11.2. The maximum absolute atomic E-state index is 13.3. The van der Waals surface area contributed by atoms with Crippen LogP contribution in [0, 0.1) is 5.82 Å². The van der Waals surface area contributed by atoms with Crippen LogP contribution in [0.4, 0.5) is 9.18 Å². The van der Waals surface area contributed by atoms with Crippen LogP contribution in [0.15, 0.2) is 36.0 Å². The van der Waals surface area contributed by atoms with E-state index in [9.17, 15) is 9.18 Å². The van der Waals surface area contributed by atoms with Gasteiger partial charge >= 0.3 is 6.03 Å². The summed E-state index contributed by atoms with van der Waals surface area (Å²) in [4.78, 5) is 11.4. The van der Waals surface area contributed by atoms with Gasteiger partial charge < -0.3 is 10.6 Å². The number of benzene rings is 1. The molecule has 0 aliphatic carbocycles. The van der Waals surface area contributed by atoms with Crippen LogP contribution in [-0.4, -0.2) is 12.6 Å². The van der Waals surface area contributed by atoms with Crippen LogP contribution in [0.5, 0.6) is 0 Å². The number of hydrogen-bond acceptors (Lipinski definition) is 1. The van der Waals surface area contributed by atoms with Crippen molar-refractivity contribution in [3.63, 3.8) is 0 Å². The lowest BCUT2D eigenvalue weighted by molar-refractivity contribution is 0.244. The van der Waals surface area contributed by atoms with Gasteiger partial charge in [0.1, 0.15) is 5.82 Å². The Kier molecular flexibility index (Phi) is 5.91. The Labute approximate surface area is 107 Å². The van der Waals surface area contributed by atoms with E-state index < -0.39 is 0 Å². The minimum atomic E-state index is -0.265. The summed E-state index contributed by atoms with van der Waals surface area (Å²) in [5.74, 6) is -0.235. The molecule has 98 valence electrons. The summed E-state index contributed by atoms with van der Waals surface area (Å²) in [6.45, 7) is 4.37. The molecular weight excluding hydrogens is 231 g/mol. The molecule has 3 nitrogen and oxygen atoms in total. The van der Waals surface area contributed by atoms with Crippen molar-refractivity contribution in [2.45, 2.75) is 26.7 Å². The van der Waals surface area contributed by atoms with Crippen LogP contribution in [0.2, 0.25) is 0 Å². The standard InChI is InChI=1S/C14H19FN2O/c1-3-11(2)10-17-14(18)16-9-8-12-6-4-5-7-13(12)15/h4-7,10H,3,8-9H2,1-2H3,(H2,16,17,18)/b11-10+. The van der Waals surface area contributed by atoms with Crippen LogP contribution in [0.3, 0.4) is 0 Å². The zero-order chi connectivity index (χ0) is 13.4. The number of hydrogen-bond donors (Lipinski definition) is 2. The van der Waals surface area contributed by atoms with Crippen molar-refractivity contribution in [2.75, 3.05) is 6.54 Å². The molecule has 0 heterocycles. The number of rotatable bonds is 5. The Morgan fingerprint density at radius 3 is 2.78 bits per heavy atom. The highest BCUT2D eigenvalue weighted by Crippen LogP contribution is 2.05. The predicted octanol–water partition coefficient (Wildman–Crippen LogP) is 2.98. The molecular formula is C14H19FN2O. The Morgan fingerprint density at radius 1 is 1.39 bits per heavy atom. The van der Waals surface area contributed by atoms with E-state index in [-0.39, 0.29) is 11.8 Å². The summed E-state index contributed by atoms with van der Waals surface area (Å²) in [5, 5.41) is 5.30. The lowest BCUT2D eigenvalue weighted by Crippen LogP contribution is -2.33. The molecule has 1 aromatic carbocycles. The van der Waals surface area contributed by atoms with Gasteiger partial charge in [0.25, 0.3) is 0 Å². The van der Waals surface area contributed by atoms with Crippen molar-refractivity contribution in [2.24, 2.45) is 0 Å². The largest absolute Gasteiger partial charge is 0.338 e. The summed E-state index contributed by atoms with van der Waals surface area (Å²) in [6, 6.07) is 6.31. The molecule has 0 aliphatic rings. The predicted molar refractivity (Wildman–Crippen MR) is 70.7 cm³/mol. The minimum Gasteiger partial charge on any atom is -0.338 e. The molecule has 0 spiro atoms. The Hall–Kier alpha value is -1.84. The smallest absolute Gasteiger partial charge is 0.318 e. The minimum absolute atomic E-state index is 0.235. The van der Waals surface area contributed by atoms with Gasteiger partial charge in [-0.15, -0.1) is 0 Å². The molecule has 2 N–H and O–H groups in total. The molecule has 0 saturated heterocycles. The quantitative estimate of drug-likeness (QED) is 0.828. The average molecular weight is 250 g/mol. The third-order valence-corrected chi connectivity index (χ3v) is 2.65. The van der Waals surface area contributed by atoms with Crippen molar-refractivity contribution in [1.82, 2.24) is 10.6 Å². The maximum atomic E-state index is 13.3. The monoisotopic (exact) mass is 250 g/mol. The number of carbonyl (C=O) groups excluding carboxylic acids is 1. The van der Waals surface area contributed by atoms with Crippen LogP contribution in [0.1, 0.15) is 25.8 Å². The summed E-state index contributed by atoms with van der Waals surface area (Å²) < 4.78 is 13.3. The Balaban J connectivity index is 2.30. The molecule has 0 fully saturated rings. The van der Waals surface area contributed by atoms with E-state index in [0.717, 1.165) is 12.0 Å². The third kappa shape index (κ3) is 4.99. The van der Waals surface area contributed by atoms with E-state index in [1.807, 2.05) is 13.8 Å². The number of urea groups is 1. The fraction of sp³-hybridized carbons (Fsp3) is 0.357. The average Bonchev–Trinajstić information content (AvgIpc) is 2.38. The van der Waals surface area contributed by atoms with E-state index >= 15 is 0 Å². The molecule has 0 radical (unpaired) electrons. The van der Waals surface area contributed by atoms with Gasteiger partial charge in [-0.05, 0) is 31.4 Å². The molecule has 0 bridgehead atoms. The number of halogens is 1. The van der Waals surface area contributed by atoms with Crippen molar-refractivity contribution < 1.29 is 9.18 Å². The first-order valence-electron chi connectivity index (χ1n) is 6.07. The molecule has 0 aliphatic heterocycles. The zero-order valence-corrected chi connectivity index (χ0v) is 10.8. The highest BCUT2D eigenvalue weighted by Gasteiger charge is 2.01. The summed E-state index contributed by atoms with van der Waals surface area (Å²) >= 11 is 0. The summed E-state index contributed by atoms with van der Waals surface area (Å²) in [6.07, 6.45) is 3.06. The fourth-order valence-electron chi connectivity index (χ4n) is 1.35. The molecule has 0 unspecified atom stereocenters. The van der Waals surface area contributed by atoms with Crippen molar-refractivity contribution in [1.29, 1.82) is 0 Å². The lowest BCUT2D eigenvalue weighted by atomic mass is 10.1. The van der Waals surface area contributed by atoms with Crippen LogP contribution in [-0.2, 0) is 6.42 Å². The SMILES string of the molecule is CC/C(C)=C/NC(=O)NCCc1ccccc1F. The molecule has 1 aromatic rings. The highest BCUT2D eigenvalue weighted by molar-refractivity contribution is 5.74. The topological polar surface area (TPSA) is 41.1 Å². The number of allylic oxidation sites excluding steroid dienone is 1. The van der Waals surface area contributed by atoms with E-state index in [0.29, 0.717) is 18.5 Å². The molecule has 0 aromatic heterocycles. The van der Waals surface area contributed by atoms with Gasteiger partial charge in [0.05, 0.1) is 0 Å². The van der Waals surface area contributed by atoms with Gasteiger partial charge in [0.2, 0.25) is 0 Å². The summed E-state index contributed by atoms with van der Waals surface area (Å²) in [5.41, 5.74) is 1.71. The first-order chi connectivity index (χ1) is 8.63. The molecule has 0 saturated carbocycles. The van der Waals surface area contributed by atoms with Gasteiger partial charge in [-0.25, -0.2) is 9.18 Å². The summed E-state index contributed by atoms with van der Waals surface area (Å²) in [7, 11) is 0. The van der Waals surface area contributed by atoms with E-state index in [2.05, 4.69) is 10.6 Å². The van der Waals surface area contributed by atoms with Crippen molar-refractivity contribution >= 4 is 6.03 Å². The molecule has 2 amide bonds. The van der Waals surface area contributed by atoms with Gasteiger partial charge in [0.15, 0.2) is 0 Å². The van der Waals surface area contributed by atoms with Gasteiger partial charge in [-0.3, -0.25) is 0 Å². The highest BCUT2D eigenvalue weighted by atomic mass is 19.1. The van der Waals surface area contributed by atoms with Crippen LogP contribution >= 0.6 is 0 Å². The second kappa shape index (κ2) is 7.48. The van der Waals surface area contributed by atoms with Crippen molar-refractivity contribution in [3.8, 4) is 0 Å². The number of nitrogens with one attached hydrogen (secondary N) is 2. The van der Waals surface area contributed by atoms with E-state index in [4.69, 9.17) is 0 Å². The Bertz CT molecular complexity index is 430. The lowest BCUT2D eigenvalue weighted by Gasteiger charge is -2.06. The number of carbonyl (C=O) groups is 1. The zero-order valence-electron chi connectivity index (χ0n) is 10.8. The van der Waals surface area contributed by atoms with E-state index in [1.54, 1.807) is 24.4 Å². The molecule has 0 atom stereocenters. The van der Waals surface area contributed by atoms with Crippen molar-refractivity contribution in [3.05, 3.63) is 47.4 Å². The maximum Gasteiger partial charge on any atom is 0.318 e. The fourth-order valence-corrected chi connectivity index (χ4v) is 1.35. The first kappa shape index (κ1) is 14.2. The molecule has 18 heavy (non-hydrogen) atoms. The van der Waals surface area contributed by atoms with Gasteiger partial charge in [-0.2, -0.15) is 0 Å². The van der Waals surface area contributed by atoms with E-state index in [1.165, 1.54) is 6.07 Å². The third-order valence-electron chi connectivity index (χ3n) is 2.65. The number of amides is 2. The second-order valence-electron chi connectivity index (χ2n) is 4.09.